The van der Waals surface area contributed by atoms with Crippen LogP contribution in [0.4, 0.5) is 11.4 Å². The van der Waals surface area contributed by atoms with E-state index < -0.39 is 16.9 Å². The number of hydrogen-bond donors (Lipinski definition) is 2. The molecule has 0 bridgehead atoms. The first kappa shape index (κ1) is 17.4. The highest BCUT2D eigenvalue weighted by Crippen LogP contribution is 2.28. The lowest BCUT2D eigenvalue weighted by molar-refractivity contribution is -0.385. The molecule has 2 N–H and O–H groups in total. The fraction of sp³-hybridized carbons (Fsp3) is 0.235. The highest BCUT2D eigenvalue weighted by molar-refractivity contribution is 6.04. The Kier molecular flexibility index (Phi) is 5.49. The molecular weight excluding hydrogens is 312 g/mol. The maximum atomic E-state index is 12.3. The summed E-state index contributed by atoms with van der Waals surface area (Å²) in [5, 5.41) is 23.2. The van der Waals surface area contributed by atoms with E-state index in [0.717, 1.165) is 5.56 Å². The number of rotatable bonds is 6. The van der Waals surface area contributed by atoms with Crippen LogP contribution >= 0.6 is 0 Å². The molecule has 2 aromatic rings. The molecule has 24 heavy (non-hydrogen) atoms. The van der Waals surface area contributed by atoms with E-state index in [1.165, 1.54) is 18.2 Å². The van der Waals surface area contributed by atoms with Gasteiger partial charge in [-0.05, 0) is 43.7 Å². The van der Waals surface area contributed by atoms with Crippen molar-refractivity contribution in [2.45, 2.75) is 20.0 Å². The second-order valence-electron chi connectivity index (χ2n) is 5.12. The van der Waals surface area contributed by atoms with Gasteiger partial charge < -0.3 is 15.2 Å². The topological polar surface area (TPSA) is 102 Å². The van der Waals surface area contributed by atoms with Crippen LogP contribution in [0.2, 0.25) is 0 Å². The summed E-state index contributed by atoms with van der Waals surface area (Å²) in [6.07, 6.45) is -0.594. The van der Waals surface area contributed by atoms with Crippen LogP contribution in [0.3, 0.4) is 0 Å². The number of benzene rings is 2. The lowest BCUT2D eigenvalue weighted by atomic mass is 10.1. The summed E-state index contributed by atoms with van der Waals surface area (Å²) >= 11 is 0. The van der Waals surface area contributed by atoms with Gasteiger partial charge in [0.2, 0.25) is 0 Å². The molecular formula is C17H18N2O5. The van der Waals surface area contributed by atoms with Crippen molar-refractivity contribution >= 4 is 17.3 Å². The Hall–Kier alpha value is -2.93. The normalized spacial score (nSPS) is 11.6. The predicted molar refractivity (Wildman–Crippen MR) is 89.3 cm³/mol. The summed E-state index contributed by atoms with van der Waals surface area (Å²) in [5.41, 5.74) is 1.16. The van der Waals surface area contributed by atoms with Crippen LogP contribution in [-0.4, -0.2) is 22.5 Å². The number of aliphatic hydroxyl groups is 1. The molecule has 7 nitrogen and oxygen atoms in total. The monoisotopic (exact) mass is 330 g/mol. The molecule has 0 saturated carbocycles. The van der Waals surface area contributed by atoms with Gasteiger partial charge in [-0.3, -0.25) is 14.9 Å². The van der Waals surface area contributed by atoms with Crippen LogP contribution in [-0.2, 0) is 0 Å². The van der Waals surface area contributed by atoms with Crippen molar-refractivity contribution in [2.75, 3.05) is 11.9 Å². The zero-order chi connectivity index (χ0) is 17.7. The van der Waals surface area contributed by atoms with Gasteiger partial charge in [-0.15, -0.1) is 0 Å². The maximum absolute atomic E-state index is 12.3. The van der Waals surface area contributed by atoms with Gasteiger partial charge in [-0.1, -0.05) is 12.1 Å². The number of nitro groups is 1. The number of carbonyl (C=O) groups excluding carboxylic acids is 1. The zero-order valence-electron chi connectivity index (χ0n) is 13.4. The smallest absolute Gasteiger partial charge is 0.311 e. The Bertz CT molecular complexity index is 741. The van der Waals surface area contributed by atoms with E-state index in [0.29, 0.717) is 12.3 Å². The van der Waals surface area contributed by atoms with E-state index in [4.69, 9.17) is 4.74 Å². The molecule has 0 fully saturated rings. The Morgan fingerprint density at radius 1 is 1.29 bits per heavy atom. The van der Waals surface area contributed by atoms with Gasteiger partial charge in [0.15, 0.2) is 5.75 Å². The number of anilines is 1. The minimum absolute atomic E-state index is 0.125. The molecule has 1 unspecified atom stereocenters. The molecule has 0 heterocycles. The lowest BCUT2D eigenvalue weighted by Gasteiger charge is -2.09. The van der Waals surface area contributed by atoms with Crippen molar-refractivity contribution in [1.82, 2.24) is 0 Å². The predicted octanol–water partition coefficient (Wildman–Crippen LogP) is 3.30. The summed E-state index contributed by atoms with van der Waals surface area (Å²) in [6.45, 7) is 3.66. The van der Waals surface area contributed by atoms with Crippen molar-refractivity contribution in [1.29, 1.82) is 0 Å². The number of hydrogen-bond acceptors (Lipinski definition) is 5. The van der Waals surface area contributed by atoms with Crippen molar-refractivity contribution in [2.24, 2.45) is 0 Å². The average Bonchev–Trinajstić information content (AvgIpc) is 2.55. The molecule has 0 aliphatic rings. The maximum Gasteiger partial charge on any atom is 0.311 e. The highest BCUT2D eigenvalue weighted by Gasteiger charge is 2.18. The number of carbonyl (C=O) groups is 1. The first-order valence-electron chi connectivity index (χ1n) is 7.43. The molecule has 0 spiro atoms. The van der Waals surface area contributed by atoms with Crippen LogP contribution in [0.15, 0.2) is 42.5 Å². The third kappa shape index (κ3) is 4.08. The molecule has 0 aliphatic carbocycles. The van der Waals surface area contributed by atoms with E-state index >= 15 is 0 Å². The number of ether oxygens (including phenoxy) is 1. The molecule has 126 valence electrons. The Labute approximate surface area is 139 Å². The molecule has 0 saturated heterocycles. The van der Waals surface area contributed by atoms with Crippen molar-refractivity contribution in [3.63, 3.8) is 0 Å². The van der Waals surface area contributed by atoms with E-state index in [1.54, 1.807) is 38.1 Å². The number of nitro benzene ring substituents is 1. The lowest BCUT2D eigenvalue weighted by Crippen LogP contribution is -2.12. The zero-order valence-corrected chi connectivity index (χ0v) is 13.4. The molecule has 1 atom stereocenters. The van der Waals surface area contributed by atoms with Gasteiger partial charge in [-0.25, -0.2) is 0 Å². The quantitative estimate of drug-likeness (QED) is 0.625. The third-order valence-corrected chi connectivity index (χ3v) is 3.37. The molecule has 7 heteroatoms. The van der Waals surface area contributed by atoms with E-state index in [9.17, 15) is 20.0 Å². The number of nitrogens with zero attached hydrogens (tertiary/aromatic N) is 1. The van der Waals surface area contributed by atoms with Crippen LogP contribution in [0.1, 0.15) is 35.9 Å². The first-order valence-corrected chi connectivity index (χ1v) is 7.43. The number of amides is 1. The fourth-order valence-corrected chi connectivity index (χ4v) is 2.13. The summed E-state index contributed by atoms with van der Waals surface area (Å²) in [7, 11) is 0. The van der Waals surface area contributed by atoms with Crippen LogP contribution in [0, 0.1) is 10.1 Å². The van der Waals surface area contributed by atoms with Gasteiger partial charge >= 0.3 is 5.69 Å². The highest BCUT2D eigenvalue weighted by atomic mass is 16.6. The van der Waals surface area contributed by atoms with Gasteiger partial charge in [-0.2, -0.15) is 0 Å². The summed E-state index contributed by atoms with van der Waals surface area (Å²) in [5.74, 6) is -0.341. The van der Waals surface area contributed by atoms with Gasteiger partial charge in [0.1, 0.15) is 0 Å². The minimum Gasteiger partial charge on any atom is -0.487 e. The first-order chi connectivity index (χ1) is 11.4. The second-order valence-corrected chi connectivity index (χ2v) is 5.12. The SMILES string of the molecule is CCOc1ccc(C(=O)Nc2ccc(C(C)O)cc2)cc1[N+](=O)[O-]. The standard InChI is InChI=1S/C17H18N2O5/c1-3-24-16-9-6-13(10-15(16)19(22)23)17(21)18-14-7-4-12(5-8-14)11(2)20/h4-11,20H,3H2,1-2H3,(H,18,21). The molecule has 2 aromatic carbocycles. The third-order valence-electron chi connectivity index (χ3n) is 3.37. The Balaban J connectivity index is 2.20. The largest absolute Gasteiger partial charge is 0.487 e. The molecule has 0 radical (unpaired) electrons. The summed E-state index contributed by atoms with van der Waals surface area (Å²) < 4.78 is 5.19. The van der Waals surface area contributed by atoms with E-state index in [1.807, 2.05) is 0 Å². The number of aliphatic hydroxyl groups excluding tert-OH is 1. The van der Waals surface area contributed by atoms with E-state index in [-0.39, 0.29) is 17.0 Å². The molecule has 0 aromatic heterocycles. The van der Waals surface area contributed by atoms with Crippen LogP contribution in [0.25, 0.3) is 0 Å². The Morgan fingerprint density at radius 3 is 2.50 bits per heavy atom. The second kappa shape index (κ2) is 7.56. The van der Waals surface area contributed by atoms with Gasteiger partial charge in [0, 0.05) is 17.3 Å². The van der Waals surface area contributed by atoms with Crippen molar-refractivity contribution in [3.8, 4) is 5.75 Å². The minimum atomic E-state index is -0.594. The van der Waals surface area contributed by atoms with Crippen LogP contribution in [0.5, 0.6) is 5.75 Å². The Morgan fingerprint density at radius 2 is 1.96 bits per heavy atom. The molecule has 1 amide bonds. The average molecular weight is 330 g/mol. The van der Waals surface area contributed by atoms with Gasteiger partial charge in [0.25, 0.3) is 5.91 Å². The number of nitrogens with one attached hydrogen (secondary N) is 1. The summed E-state index contributed by atoms with van der Waals surface area (Å²) in [6, 6.07) is 10.8. The fourth-order valence-electron chi connectivity index (χ4n) is 2.13. The summed E-state index contributed by atoms with van der Waals surface area (Å²) in [4.78, 5) is 22.8. The molecule has 0 aliphatic heterocycles. The van der Waals surface area contributed by atoms with Crippen molar-refractivity contribution in [3.05, 3.63) is 63.7 Å². The van der Waals surface area contributed by atoms with Crippen LogP contribution < -0.4 is 10.1 Å². The van der Waals surface area contributed by atoms with Gasteiger partial charge in [0.05, 0.1) is 17.6 Å². The van der Waals surface area contributed by atoms with E-state index in [2.05, 4.69) is 5.32 Å². The van der Waals surface area contributed by atoms with Crippen molar-refractivity contribution < 1.29 is 19.6 Å². The molecule has 2 rings (SSSR count).